The topological polar surface area (TPSA) is 67.8 Å². The maximum absolute atomic E-state index is 11.5. The average Bonchev–Trinajstić information content (AvgIpc) is 2.24. The summed E-state index contributed by atoms with van der Waals surface area (Å²) in [4.78, 5) is 4.78. The highest BCUT2D eigenvalue weighted by Gasteiger charge is 2.16. The lowest BCUT2D eigenvalue weighted by Gasteiger charge is -2.17. The Morgan fingerprint density at radius 3 is 2.32 bits per heavy atom. The largest absolute Gasteiger partial charge is 0.399 e. The number of rotatable bonds is 4. The molecule has 1 aromatic rings. The van der Waals surface area contributed by atoms with E-state index in [9.17, 15) is 8.42 Å². The second-order valence-corrected chi connectivity index (χ2v) is 6.35. The molecule has 1 rings (SSSR count). The van der Waals surface area contributed by atoms with E-state index in [1.54, 1.807) is 6.92 Å². The summed E-state index contributed by atoms with van der Waals surface area (Å²) < 4.78 is 25.5. The first kappa shape index (κ1) is 15.5. The van der Waals surface area contributed by atoms with Gasteiger partial charge < -0.3 is 4.84 Å². The van der Waals surface area contributed by atoms with Crippen LogP contribution in [-0.2, 0) is 14.9 Å². The van der Waals surface area contributed by atoms with Gasteiger partial charge in [-0.25, -0.2) is 8.42 Å². The molecule has 0 aliphatic carbocycles. The molecule has 1 N–H and O–H groups in total. The van der Waals surface area contributed by atoms with Crippen LogP contribution in [0.2, 0.25) is 0 Å². The average molecular weight is 284 g/mol. The number of hydrogen-bond donors (Lipinski definition) is 1. The lowest BCUT2D eigenvalue weighted by Crippen LogP contribution is -2.15. The lowest BCUT2D eigenvalue weighted by molar-refractivity contribution is 0.213. The van der Waals surface area contributed by atoms with Crippen molar-refractivity contribution >= 4 is 21.4 Å². The fourth-order valence-electron chi connectivity index (χ4n) is 2.01. The number of oxime groups is 1. The van der Waals surface area contributed by atoms with E-state index in [0.29, 0.717) is 11.4 Å². The highest BCUT2D eigenvalue weighted by molar-refractivity contribution is 7.92. The SMILES string of the molecule is CO/N=C(\C)c1c(NS(C)(=O)=O)cc(C)c(C)c1C. The van der Waals surface area contributed by atoms with E-state index in [-0.39, 0.29) is 0 Å². The van der Waals surface area contributed by atoms with Crippen molar-refractivity contribution in [2.45, 2.75) is 27.7 Å². The van der Waals surface area contributed by atoms with E-state index >= 15 is 0 Å². The normalized spacial score (nSPS) is 12.4. The summed E-state index contributed by atoms with van der Waals surface area (Å²) in [5.41, 5.74) is 5.05. The molecule has 0 radical (unpaired) electrons. The molecule has 6 heteroatoms. The zero-order valence-electron chi connectivity index (χ0n) is 12.2. The molecule has 5 nitrogen and oxygen atoms in total. The zero-order valence-corrected chi connectivity index (χ0v) is 13.0. The molecule has 19 heavy (non-hydrogen) atoms. The number of aryl methyl sites for hydroxylation is 1. The molecule has 0 spiro atoms. The molecule has 1 aromatic carbocycles. The van der Waals surface area contributed by atoms with Gasteiger partial charge in [0.25, 0.3) is 0 Å². The molecule has 0 saturated heterocycles. The fraction of sp³-hybridized carbons (Fsp3) is 0.462. The Balaban J connectivity index is 3.57. The number of anilines is 1. The number of hydrogen-bond acceptors (Lipinski definition) is 4. The van der Waals surface area contributed by atoms with E-state index < -0.39 is 10.0 Å². The van der Waals surface area contributed by atoms with Crippen LogP contribution < -0.4 is 4.72 Å². The summed E-state index contributed by atoms with van der Waals surface area (Å²) in [5, 5.41) is 3.90. The zero-order chi connectivity index (χ0) is 14.8. The Kier molecular flexibility index (Phi) is 4.57. The lowest BCUT2D eigenvalue weighted by atomic mass is 9.95. The molecular formula is C13H20N2O3S. The highest BCUT2D eigenvalue weighted by Crippen LogP contribution is 2.27. The predicted molar refractivity (Wildman–Crippen MR) is 78.3 cm³/mol. The first-order valence-electron chi connectivity index (χ1n) is 5.84. The number of benzene rings is 1. The molecule has 0 aromatic heterocycles. The molecule has 0 unspecified atom stereocenters. The molecule has 0 amide bonds. The third-order valence-corrected chi connectivity index (χ3v) is 3.64. The molecule has 0 atom stereocenters. The van der Waals surface area contributed by atoms with Crippen molar-refractivity contribution in [2.24, 2.45) is 5.16 Å². The minimum Gasteiger partial charge on any atom is -0.399 e. The number of nitrogens with zero attached hydrogens (tertiary/aromatic N) is 1. The van der Waals surface area contributed by atoms with E-state index in [2.05, 4.69) is 9.88 Å². The maximum Gasteiger partial charge on any atom is 0.229 e. The van der Waals surface area contributed by atoms with Gasteiger partial charge in [-0.15, -0.1) is 0 Å². The van der Waals surface area contributed by atoms with Crippen LogP contribution >= 0.6 is 0 Å². The summed E-state index contributed by atoms with van der Waals surface area (Å²) in [5.74, 6) is 0. The van der Waals surface area contributed by atoms with E-state index in [1.807, 2.05) is 26.8 Å². The molecule has 0 bridgehead atoms. The molecule has 0 heterocycles. The van der Waals surface area contributed by atoms with Gasteiger partial charge in [0.2, 0.25) is 10.0 Å². The summed E-state index contributed by atoms with van der Waals surface area (Å²) >= 11 is 0. The van der Waals surface area contributed by atoms with Crippen molar-refractivity contribution in [3.05, 3.63) is 28.3 Å². The smallest absolute Gasteiger partial charge is 0.229 e. The van der Waals surface area contributed by atoms with Gasteiger partial charge in [0.1, 0.15) is 7.11 Å². The Morgan fingerprint density at radius 1 is 1.26 bits per heavy atom. The molecular weight excluding hydrogens is 264 g/mol. The van der Waals surface area contributed by atoms with Crippen LogP contribution in [0.4, 0.5) is 5.69 Å². The van der Waals surface area contributed by atoms with Gasteiger partial charge in [0.05, 0.1) is 17.7 Å². The van der Waals surface area contributed by atoms with E-state index in [4.69, 9.17) is 4.84 Å². The number of sulfonamides is 1. The van der Waals surface area contributed by atoms with Crippen LogP contribution in [0.3, 0.4) is 0 Å². The van der Waals surface area contributed by atoms with Crippen LogP contribution in [-0.4, -0.2) is 27.5 Å². The predicted octanol–water partition coefficient (Wildman–Crippen LogP) is 2.35. The Bertz CT molecular complexity index is 619. The van der Waals surface area contributed by atoms with Crippen molar-refractivity contribution in [1.82, 2.24) is 0 Å². The second-order valence-electron chi connectivity index (χ2n) is 4.60. The van der Waals surface area contributed by atoms with Gasteiger partial charge in [0.15, 0.2) is 0 Å². The van der Waals surface area contributed by atoms with Crippen LogP contribution in [0.25, 0.3) is 0 Å². The van der Waals surface area contributed by atoms with Gasteiger partial charge in [-0.2, -0.15) is 0 Å². The standard InChI is InChI=1S/C13H20N2O3S/c1-8-7-12(15-19(6,16)17)13(10(3)9(8)2)11(4)14-18-5/h7,15H,1-6H3/b14-11+. The minimum absolute atomic E-state index is 0.529. The molecule has 0 aliphatic rings. The Morgan fingerprint density at radius 2 is 1.84 bits per heavy atom. The first-order chi connectivity index (χ1) is 8.67. The van der Waals surface area contributed by atoms with Crippen molar-refractivity contribution in [3.63, 3.8) is 0 Å². The van der Waals surface area contributed by atoms with Crippen molar-refractivity contribution in [3.8, 4) is 0 Å². The Hall–Kier alpha value is -1.56. The van der Waals surface area contributed by atoms with Crippen LogP contribution in [0, 0.1) is 20.8 Å². The highest BCUT2D eigenvalue weighted by atomic mass is 32.2. The van der Waals surface area contributed by atoms with E-state index in [1.165, 1.54) is 7.11 Å². The van der Waals surface area contributed by atoms with Gasteiger partial charge in [-0.3, -0.25) is 4.72 Å². The van der Waals surface area contributed by atoms with Gasteiger partial charge in [0, 0.05) is 5.56 Å². The minimum atomic E-state index is -3.34. The maximum atomic E-state index is 11.5. The third-order valence-electron chi connectivity index (χ3n) is 3.04. The molecule has 0 saturated carbocycles. The van der Waals surface area contributed by atoms with Crippen molar-refractivity contribution in [2.75, 3.05) is 18.1 Å². The first-order valence-corrected chi connectivity index (χ1v) is 7.73. The third kappa shape index (κ3) is 3.70. The van der Waals surface area contributed by atoms with Gasteiger partial charge >= 0.3 is 0 Å². The second kappa shape index (κ2) is 5.61. The molecule has 106 valence electrons. The monoisotopic (exact) mass is 284 g/mol. The van der Waals surface area contributed by atoms with Crippen LogP contribution in [0.15, 0.2) is 11.2 Å². The molecule has 0 aliphatic heterocycles. The van der Waals surface area contributed by atoms with Crippen molar-refractivity contribution < 1.29 is 13.3 Å². The van der Waals surface area contributed by atoms with Gasteiger partial charge in [-0.1, -0.05) is 5.16 Å². The number of nitrogens with one attached hydrogen (secondary N) is 1. The quantitative estimate of drug-likeness (QED) is 0.681. The summed E-state index contributed by atoms with van der Waals surface area (Å²) in [6.07, 6.45) is 1.13. The summed E-state index contributed by atoms with van der Waals surface area (Å²) in [7, 11) is -1.88. The summed E-state index contributed by atoms with van der Waals surface area (Å²) in [6.45, 7) is 7.68. The van der Waals surface area contributed by atoms with Crippen molar-refractivity contribution in [1.29, 1.82) is 0 Å². The Labute approximate surface area is 114 Å². The molecule has 0 fully saturated rings. The van der Waals surface area contributed by atoms with Gasteiger partial charge in [-0.05, 0) is 50.5 Å². The summed E-state index contributed by atoms with van der Waals surface area (Å²) in [6, 6.07) is 1.81. The van der Waals surface area contributed by atoms with Crippen LogP contribution in [0.1, 0.15) is 29.2 Å². The fourth-order valence-corrected chi connectivity index (χ4v) is 2.57. The van der Waals surface area contributed by atoms with Crippen LogP contribution in [0.5, 0.6) is 0 Å². The van der Waals surface area contributed by atoms with E-state index in [0.717, 1.165) is 28.5 Å².